The second kappa shape index (κ2) is 11.8. The molecule has 2 aliphatic rings. The largest absolute Gasteiger partial charge is 0.490 e. The predicted octanol–water partition coefficient (Wildman–Crippen LogP) is 4.08. The van der Waals surface area contributed by atoms with Crippen molar-refractivity contribution in [3.05, 3.63) is 41.0 Å². The number of halogens is 7. The molecule has 2 atom stereocenters. The Labute approximate surface area is 230 Å². The van der Waals surface area contributed by atoms with Gasteiger partial charge < -0.3 is 30.9 Å². The molecule has 228 valence electrons. The van der Waals surface area contributed by atoms with E-state index in [1.807, 2.05) is 6.92 Å². The third kappa shape index (κ3) is 7.42. The van der Waals surface area contributed by atoms with Crippen LogP contribution in [0.4, 0.5) is 36.6 Å². The van der Waals surface area contributed by atoms with Gasteiger partial charge in [0.15, 0.2) is 0 Å². The lowest BCUT2D eigenvalue weighted by Gasteiger charge is -2.14. The average molecular weight is 609 g/mol. The SMILES string of the molecule is Cc1nc2ccc(F)c(-c3cc4c([nH]3)[C@H]([C@@H](C)O)NC4=O)c2nc1NC1CC1.O=C(O)C(F)(F)F.O=C(O)C(F)(F)F. The molecule has 42 heavy (non-hydrogen) atoms. The number of H-pyrrole nitrogens is 1. The first-order valence-electron chi connectivity index (χ1n) is 11.9. The zero-order chi connectivity index (χ0) is 31.7. The molecule has 0 unspecified atom stereocenters. The number of anilines is 1. The Morgan fingerprint density at radius 3 is 2.07 bits per heavy atom. The van der Waals surface area contributed by atoms with Crippen LogP contribution in [0.15, 0.2) is 18.2 Å². The normalized spacial score (nSPS) is 16.8. The summed E-state index contributed by atoms with van der Waals surface area (Å²) in [6.07, 6.45) is -8.76. The topological polar surface area (TPSA) is 178 Å². The fourth-order valence-corrected chi connectivity index (χ4v) is 3.69. The summed E-state index contributed by atoms with van der Waals surface area (Å²) in [4.78, 5) is 42.4. The lowest BCUT2D eigenvalue weighted by Crippen LogP contribution is -2.28. The molecule has 3 heterocycles. The first-order chi connectivity index (χ1) is 19.3. The van der Waals surface area contributed by atoms with E-state index >= 15 is 0 Å². The molecule has 1 aliphatic carbocycles. The van der Waals surface area contributed by atoms with E-state index in [-0.39, 0.29) is 11.5 Å². The standard InChI is InChI=1S/C20H20FN5O2.2C2HF3O2/c1-8-19(23-10-3-4-10)25-18-13(22-8)6-5-12(21)15(18)14-7-11-17(24-14)16(9(2)27)26-20(11)28;2*3-2(4,5)1(6)7/h5-7,9-10,16,24,27H,3-4H2,1-2H3,(H,23,25)(H,26,28);2*(H,6,7)/t9-,16+;;/m1../s1. The molecule has 2 aromatic heterocycles. The van der Waals surface area contributed by atoms with Gasteiger partial charge in [0, 0.05) is 6.04 Å². The van der Waals surface area contributed by atoms with Gasteiger partial charge >= 0.3 is 24.3 Å². The van der Waals surface area contributed by atoms with Crippen LogP contribution >= 0.6 is 0 Å². The Bertz CT molecular complexity index is 1490. The smallest absolute Gasteiger partial charge is 0.475 e. The average Bonchev–Trinajstić information content (AvgIpc) is 3.48. The predicted molar refractivity (Wildman–Crippen MR) is 130 cm³/mol. The maximum atomic E-state index is 14.9. The molecule has 1 aliphatic heterocycles. The van der Waals surface area contributed by atoms with Gasteiger partial charge in [-0.1, -0.05) is 0 Å². The van der Waals surface area contributed by atoms with Crippen molar-refractivity contribution in [3.63, 3.8) is 0 Å². The Kier molecular flexibility index (Phi) is 8.99. The molecule has 6 N–H and O–H groups in total. The number of amides is 1. The molecule has 1 aromatic carbocycles. The minimum Gasteiger partial charge on any atom is -0.475 e. The highest BCUT2D eigenvalue weighted by Crippen LogP contribution is 2.36. The van der Waals surface area contributed by atoms with Gasteiger partial charge in [-0.2, -0.15) is 26.3 Å². The number of aliphatic hydroxyl groups excluding tert-OH is 1. The highest BCUT2D eigenvalue weighted by atomic mass is 19.4. The minimum absolute atomic E-state index is 0.274. The Morgan fingerprint density at radius 2 is 1.60 bits per heavy atom. The van der Waals surface area contributed by atoms with Gasteiger partial charge in [0.05, 0.1) is 45.9 Å². The molecule has 3 aromatic rings. The molecule has 18 heteroatoms. The number of hydrogen-bond donors (Lipinski definition) is 6. The van der Waals surface area contributed by atoms with Gasteiger partial charge in [0.1, 0.15) is 17.2 Å². The van der Waals surface area contributed by atoms with Crippen LogP contribution in [0, 0.1) is 12.7 Å². The monoisotopic (exact) mass is 609 g/mol. The molecule has 1 saturated carbocycles. The van der Waals surface area contributed by atoms with Gasteiger partial charge in [-0.05, 0) is 44.9 Å². The van der Waals surface area contributed by atoms with Gasteiger partial charge in [-0.3, -0.25) is 4.79 Å². The van der Waals surface area contributed by atoms with Gasteiger partial charge in [-0.15, -0.1) is 0 Å². The van der Waals surface area contributed by atoms with E-state index in [2.05, 4.69) is 25.6 Å². The fourth-order valence-electron chi connectivity index (χ4n) is 3.69. The third-order valence-electron chi connectivity index (χ3n) is 5.81. The number of alkyl halides is 6. The van der Waals surface area contributed by atoms with Crippen LogP contribution in [0.25, 0.3) is 22.3 Å². The summed E-state index contributed by atoms with van der Waals surface area (Å²) in [5.41, 5.74) is 3.47. The van der Waals surface area contributed by atoms with Crippen LogP contribution in [-0.2, 0) is 9.59 Å². The lowest BCUT2D eigenvalue weighted by molar-refractivity contribution is -0.193. The molecule has 0 spiro atoms. The molecule has 1 amide bonds. The van der Waals surface area contributed by atoms with Crippen molar-refractivity contribution in [2.24, 2.45) is 0 Å². The molecule has 0 saturated heterocycles. The van der Waals surface area contributed by atoms with E-state index in [1.165, 1.54) is 6.07 Å². The summed E-state index contributed by atoms with van der Waals surface area (Å²) in [5.74, 6) is -5.60. The number of rotatable bonds is 4. The molecule has 0 radical (unpaired) electrons. The van der Waals surface area contributed by atoms with Gasteiger partial charge in [-0.25, -0.2) is 23.9 Å². The van der Waals surface area contributed by atoms with Crippen LogP contribution in [0.3, 0.4) is 0 Å². The molecule has 0 bridgehead atoms. The van der Waals surface area contributed by atoms with Crippen molar-refractivity contribution in [1.29, 1.82) is 0 Å². The van der Waals surface area contributed by atoms with E-state index in [4.69, 9.17) is 19.8 Å². The second-order valence-electron chi connectivity index (χ2n) is 9.17. The fraction of sp³-hybridized carbons (Fsp3) is 0.375. The summed E-state index contributed by atoms with van der Waals surface area (Å²) in [5, 5.41) is 30.3. The maximum Gasteiger partial charge on any atom is 0.490 e. The number of aliphatic carboxylic acids is 2. The van der Waals surface area contributed by atoms with Crippen molar-refractivity contribution in [2.75, 3.05) is 5.32 Å². The Balaban J connectivity index is 0.000000289. The highest BCUT2D eigenvalue weighted by molar-refractivity contribution is 6.01. The van der Waals surface area contributed by atoms with Crippen LogP contribution < -0.4 is 10.6 Å². The number of carbonyl (C=O) groups excluding carboxylic acids is 1. The van der Waals surface area contributed by atoms with E-state index in [0.29, 0.717) is 39.8 Å². The van der Waals surface area contributed by atoms with Gasteiger partial charge in [0.25, 0.3) is 5.91 Å². The molecular weight excluding hydrogens is 587 g/mol. The maximum absolute atomic E-state index is 14.9. The van der Waals surface area contributed by atoms with Crippen LogP contribution in [0.5, 0.6) is 0 Å². The number of carbonyl (C=O) groups is 3. The van der Waals surface area contributed by atoms with Crippen molar-refractivity contribution in [3.8, 4) is 11.3 Å². The van der Waals surface area contributed by atoms with Crippen LogP contribution in [0.1, 0.15) is 47.6 Å². The van der Waals surface area contributed by atoms with Crippen LogP contribution in [0.2, 0.25) is 0 Å². The van der Waals surface area contributed by atoms with Crippen molar-refractivity contribution in [2.45, 2.75) is 57.2 Å². The summed E-state index contributed by atoms with van der Waals surface area (Å²) in [6.45, 7) is 3.48. The Morgan fingerprint density at radius 1 is 1.05 bits per heavy atom. The highest BCUT2D eigenvalue weighted by Gasteiger charge is 2.39. The van der Waals surface area contributed by atoms with Crippen molar-refractivity contribution in [1.82, 2.24) is 20.3 Å². The summed E-state index contributed by atoms with van der Waals surface area (Å²) in [6, 6.07) is 4.43. The van der Waals surface area contributed by atoms with E-state index < -0.39 is 42.3 Å². The number of aromatic nitrogens is 3. The zero-order valence-corrected chi connectivity index (χ0v) is 21.5. The third-order valence-corrected chi connectivity index (χ3v) is 5.81. The second-order valence-corrected chi connectivity index (χ2v) is 9.17. The quantitative estimate of drug-likeness (QED) is 0.238. The summed E-state index contributed by atoms with van der Waals surface area (Å²) < 4.78 is 78.3. The Hall–Kier alpha value is -4.48. The summed E-state index contributed by atoms with van der Waals surface area (Å²) in [7, 11) is 0. The van der Waals surface area contributed by atoms with E-state index in [0.717, 1.165) is 18.5 Å². The molecule has 11 nitrogen and oxygen atoms in total. The number of carboxylic acids is 2. The minimum atomic E-state index is -5.08. The molecule has 1 fully saturated rings. The van der Waals surface area contributed by atoms with Gasteiger partial charge in [0.2, 0.25) is 0 Å². The number of benzene rings is 1. The first-order valence-corrected chi connectivity index (χ1v) is 11.9. The van der Waals surface area contributed by atoms with E-state index in [9.17, 15) is 40.6 Å². The number of aliphatic hydroxyl groups is 1. The van der Waals surface area contributed by atoms with Crippen LogP contribution in [-0.4, -0.2) is 72.6 Å². The first kappa shape index (κ1) is 32.0. The molecular formula is C24H22F7N5O6. The zero-order valence-electron chi connectivity index (χ0n) is 21.5. The number of carboxylic acid groups (broad SMARTS) is 2. The van der Waals surface area contributed by atoms with Crippen molar-refractivity contribution >= 4 is 34.7 Å². The number of nitrogens with one attached hydrogen (secondary N) is 3. The number of hydrogen-bond acceptors (Lipinski definition) is 7. The van der Waals surface area contributed by atoms with E-state index in [1.54, 1.807) is 19.1 Å². The van der Waals surface area contributed by atoms with Crippen molar-refractivity contribution < 1.29 is 60.4 Å². The number of nitrogens with zero attached hydrogens (tertiary/aromatic N) is 2. The number of aromatic amines is 1. The molecule has 5 rings (SSSR count). The lowest BCUT2D eigenvalue weighted by atomic mass is 10.1. The number of aryl methyl sites for hydroxylation is 1. The summed E-state index contributed by atoms with van der Waals surface area (Å²) >= 11 is 0. The number of fused-ring (bicyclic) bond motifs is 2.